The second kappa shape index (κ2) is 8.88. The Kier molecular flexibility index (Phi) is 6.15. The molecule has 0 radical (unpaired) electrons. The van der Waals surface area contributed by atoms with Crippen LogP contribution in [0.5, 0.6) is 0 Å². The molecule has 35 heavy (non-hydrogen) atoms. The number of piperazine rings is 1. The van der Waals surface area contributed by atoms with Gasteiger partial charge in [-0.15, -0.1) is 0 Å². The molecule has 0 bridgehead atoms. The summed E-state index contributed by atoms with van der Waals surface area (Å²) in [6.07, 6.45) is 2.08. The van der Waals surface area contributed by atoms with Crippen LogP contribution in [0.2, 0.25) is 0 Å². The molecule has 3 heterocycles. The fourth-order valence-corrected chi connectivity index (χ4v) is 5.30. The minimum atomic E-state index is -4.97. The Hall–Kier alpha value is -2.47. The van der Waals surface area contributed by atoms with E-state index >= 15 is 0 Å². The number of aryl methyl sites for hydroxylation is 1. The van der Waals surface area contributed by atoms with Crippen LogP contribution >= 0.6 is 11.9 Å². The highest BCUT2D eigenvalue weighted by Crippen LogP contribution is 2.40. The first kappa shape index (κ1) is 24.2. The molecule has 1 aliphatic heterocycles. The first-order chi connectivity index (χ1) is 16.6. The van der Waals surface area contributed by atoms with Crippen molar-refractivity contribution in [3.63, 3.8) is 0 Å². The third kappa shape index (κ3) is 4.46. The third-order valence-electron chi connectivity index (χ3n) is 6.81. The van der Waals surface area contributed by atoms with Crippen LogP contribution in [-0.2, 0) is 13.2 Å². The number of hydrogen-bond donors (Lipinski definition) is 0. The van der Waals surface area contributed by atoms with E-state index < -0.39 is 34.5 Å². The monoisotopic (exact) mass is 512 g/mol. The maximum absolute atomic E-state index is 15.0. The van der Waals surface area contributed by atoms with Gasteiger partial charge in [0.1, 0.15) is 17.3 Å². The number of halogens is 5. The molecule has 188 valence electrons. The largest absolute Gasteiger partial charge is 0.419 e. The van der Waals surface area contributed by atoms with E-state index in [1.165, 1.54) is 23.7 Å². The van der Waals surface area contributed by atoms with E-state index in [1.807, 2.05) is 0 Å². The van der Waals surface area contributed by atoms with Crippen LogP contribution in [0.25, 0.3) is 22.3 Å². The normalized spacial score (nSPS) is 19.7. The number of benzene rings is 1. The van der Waals surface area contributed by atoms with Crippen LogP contribution in [0.1, 0.15) is 30.4 Å². The molecule has 2 aliphatic rings. The van der Waals surface area contributed by atoms with Crippen LogP contribution in [0.4, 0.5) is 27.9 Å². The van der Waals surface area contributed by atoms with Gasteiger partial charge < -0.3 is 4.90 Å². The van der Waals surface area contributed by atoms with Crippen molar-refractivity contribution in [1.82, 2.24) is 24.1 Å². The Morgan fingerprint density at radius 1 is 1.14 bits per heavy atom. The van der Waals surface area contributed by atoms with Gasteiger partial charge in [0, 0.05) is 50.0 Å². The van der Waals surface area contributed by atoms with Crippen molar-refractivity contribution in [1.29, 1.82) is 0 Å². The van der Waals surface area contributed by atoms with E-state index in [0.717, 1.165) is 33.0 Å². The molecule has 5 rings (SSSR count). The Labute approximate surface area is 203 Å². The Morgan fingerprint density at radius 3 is 2.54 bits per heavy atom. The zero-order chi connectivity index (χ0) is 25.1. The molecule has 12 heteroatoms. The van der Waals surface area contributed by atoms with Gasteiger partial charge in [-0.05, 0) is 31.6 Å². The van der Waals surface area contributed by atoms with Crippen LogP contribution in [0, 0.1) is 24.5 Å². The van der Waals surface area contributed by atoms with Crippen LogP contribution in [-0.4, -0.2) is 56.0 Å². The zero-order valence-electron chi connectivity index (χ0n) is 19.5. The molecule has 1 aliphatic carbocycles. The van der Waals surface area contributed by atoms with Gasteiger partial charge in [-0.2, -0.15) is 23.3 Å². The van der Waals surface area contributed by atoms with Crippen molar-refractivity contribution in [3.05, 3.63) is 35.0 Å². The summed E-state index contributed by atoms with van der Waals surface area (Å²) >= 11 is 1.72. The third-order valence-corrected chi connectivity index (χ3v) is 7.66. The summed E-state index contributed by atoms with van der Waals surface area (Å²) in [6.45, 7) is 3.46. The van der Waals surface area contributed by atoms with Crippen molar-refractivity contribution in [2.24, 2.45) is 13.0 Å². The molecular formula is C23H25F5N6S. The van der Waals surface area contributed by atoms with E-state index in [4.69, 9.17) is 0 Å². The maximum Gasteiger partial charge on any atom is 0.419 e. The first-order valence-corrected chi connectivity index (χ1v) is 12.6. The highest BCUT2D eigenvalue weighted by molar-refractivity contribution is 7.96. The number of anilines is 1. The van der Waals surface area contributed by atoms with Crippen molar-refractivity contribution in [3.8, 4) is 11.3 Å². The summed E-state index contributed by atoms with van der Waals surface area (Å²) in [5, 5.41) is 4.56. The van der Waals surface area contributed by atoms with Crippen LogP contribution in [0.15, 0.2) is 12.3 Å². The molecule has 1 unspecified atom stereocenters. The van der Waals surface area contributed by atoms with Crippen molar-refractivity contribution < 1.29 is 22.0 Å². The molecule has 1 aromatic carbocycles. The standard InChI is InChI=1S/C23H25F5N6S/c1-12-18(24)15(9-17(19(12)25)23(26,27)28)20-16-10-29-22(30-21(16)32(2)31-20)34-7-6-33(35-3)11-14(34)8-13-4-5-13/h9-10,13-14H,4-8,11H2,1-3H3. The van der Waals surface area contributed by atoms with E-state index in [0.29, 0.717) is 29.0 Å². The van der Waals surface area contributed by atoms with Gasteiger partial charge in [0.05, 0.1) is 10.9 Å². The van der Waals surface area contributed by atoms with Crippen LogP contribution in [0.3, 0.4) is 0 Å². The average molecular weight is 513 g/mol. The number of hydrogen-bond acceptors (Lipinski definition) is 6. The number of nitrogens with zero attached hydrogens (tertiary/aromatic N) is 6. The lowest BCUT2D eigenvalue weighted by Gasteiger charge is -2.40. The van der Waals surface area contributed by atoms with Crippen molar-refractivity contribution >= 4 is 28.9 Å². The summed E-state index contributed by atoms with van der Waals surface area (Å²) in [4.78, 5) is 11.4. The second-order valence-electron chi connectivity index (χ2n) is 9.20. The molecule has 0 spiro atoms. The lowest BCUT2D eigenvalue weighted by molar-refractivity contribution is -0.140. The maximum atomic E-state index is 15.0. The summed E-state index contributed by atoms with van der Waals surface area (Å²) in [5.74, 6) is -1.48. The topological polar surface area (TPSA) is 50.1 Å². The molecule has 3 aromatic rings. The fraction of sp³-hybridized carbons (Fsp3) is 0.522. The summed E-state index contributed by atoms with van der Waals surface area (Å²) in [7, 11) is 1.59. The highest BCUT2D eigenvalue weighted by atomic mass is 32.2. The van der Waals surface area contributed by atoms with Gasteiger partial charge in [-0.25, -0.2) is 22.8 Å². The summed E-state index contributed by atoms with van der Waals surface area (Å²) in [5.41, 5.74) is -2.35. The lowest BCUT2D eigenvalue weighted by Crippen LogP contribution is -2.52. The average Bonchev–Trinajstić information content (AvgIpc) is 3.58. The lowest BCUT2D eigenvalue weighted by atomic mass is 10.0. The fourth-order valence-electron chi connectivity index (χ4n) is 4.71. The van der Waals surface area contributed by atoms with Gasteiger partial charge in [-0.1, -0.05) is 24.8 Å². The predicted molar refractivity (Wildman–Crippen MR) is 125 cm³/mol. The second-order valence-corrected chi connectivity index (χ2v) is 10.1. The van der Waals surface area contributed by atoms with E-state index in [2.05, 4.69) is 30.5 Å². The molecule has 2 aromatic heterocycles. The molecule has 1 saturated heterocycles. The highest BCUT2D eigenvalue weighted by Gasteiger charge is 2.38. The van der Waals surface area contributed by atoms with Crippen molar-refractivity contribution in [2.45, 2.75) is 38.4 Å². The number of aromatic nitrogens is 4. The minimum Gasteiger partial charge on any atom is -0.335 e. The molecule has 1 atom stereocenters. The summed E-state index contributed by atoms with van der Waals surface area (Å²) in [6, 6.07) is 0.723. The van der Waals surface area contributed by atoms with Gasteiger partial charge in [0.15, 0.2) is 5.65 Å². The van der Waals surface area contributed by atoms with Gasteiger partial charge in [-0.3, -0.25) is 0 Å². The molecule has 0 N–H and O–H groups in total. The van der Waals surface area contributed by atoms with Gasteiger partial charge in [0.25, 0.3) is 0 Å². The SMILES string of the molecule is CSN1CCN(c2ncc3c(-c4cc(C(F)(F)F)c(F)c(C)c4F)nn(C)c3n2)C(CC2CC2)C1. The number of rotatable bonds is 5. The predicted octanol–water partition coefficient (Wildman–Crippen LogP) is 5.20. The molecule has 0 amide bonds. The molecule has 2 fully saturated rings. The first-order valence-electron chi connectivity index (χ1n) is 11.4. The van der Waals surface area contributed by atoms with E-state index in [9.17, 15) is 22.0 Å². The quantitative estimate of drug-likeness (QED) is 0.346. The van der Waals surface area contributed by atoms with E-state index in [1.54, 1.807) is 19.0 Å². The molecule has 1 saturated carbocycles. The smallest absolute Gasteiger partial charge is 0.335 e. The minimum absolute atomic E-state index is 0.0538. The zero-order valence-corrected chi connectivity index (χ0v) is 20.3. The van der Waals surface area contributed by atoms with Gasteiger partial charge in [0.2, 0.25) is 5.95 Å². The molecular weight excluding hydrogens is 487 g/mol. The Bertz CT molecular complexity index is 1270. The Balaban J connectivity index is 1.56. The number of fused-ring (bicyclic) bond motifs is 1. The Morgan fingerprint density at radius 2 is 1.89 bits per heavy atom. The van der Waals surface area contributed by atoms with Gasteiger partial charge >= 0.3 is 6.18 Å². The number of alkyl halides is 3. The van der Waals surface area contributed by atoms with E-state index in [-0.39, 0.29) is 11.7 Å². The van der Waals surface area contributed by atoms with Crippen LogP contribution < -0.4 is 4.90 Å². The van der Waals surface area contributed by atoms with Crippen molar-refractivity contribution in [2.75, 3.05) is 30.8 Å². The molecule has 6 nitrogen and oxygen atoms in total. The summed E-state index contributed by atoms with van der Waals surface area (Å²) < 4.78 is 73.1.